The van der Waals surface area contributed by atoms with E-state index in [1.54, 1.807) is 20.8 Å². The van der Waals surface area contributed by atoms with E-state index in [1.165, 1.54) is 12.1 Å². The zero-order valence-corrected chi connectivity index (χ0v) is 13.1. The third-order valence-corrected chi connectivity index (χ3v) is 5.48. The maximum Gasteiger partial charge on any atom is 0.241 e. The van der Waals surface area contributed by atoms with Crippen molar-refractivity contribution in [3.05, 3.63) is 29.1 Å². The van der Waals surface area contributed by atoms with Crippen LogP contribution < -0.4 is 4.72 Å². The average molecular weight is 308 g/mol. The van der Waals surface area contributed by atoms with Gasteiger partial charge in [0.2, 0.25) is 10.0 Å². The second-order valence-electron chi connectivity index (χ2n) is 4.91. The standard InChI is InChI=1S/C13H19ClFNO2S/c1-8-5-12(15)6-9(2)13(8)19(17,18)16-11(4)10(3)7-14/h5-6,10-11,16H,7H2,1-4H3. The third-order valence-electron chi connectivity index (χ3n) is 3.13. The van der Waals surface area contributed by atoms with Gasteiger partial charge in [-0.3, -0.25) is 0 Å². The lowest BCUT2D eigenvalue weighted by atomic mass is 10.1. The first-order valence-corrected chi connectivity index (χ1v) is 8.06. The fraction of sp³-hybridized carbons (Fsp3) is 0.538. The molecule has 1 N–H and O–H groups in total. The molecule has 0 aliphatic rings. The smallest absolute Gasteiger partial charge is 0.208 e. The van der Waals surface area contributed by atoms with Crippen molar-refractivity contribution in [2.24, 2.45) is 5.92 Å². The first-order valence-electron chi connectivity index (χ1n) is 6.04. The molecule has 0 saturated heterocycles. The second kappa shape index (κ2) is 6.20. The predicted molar refractivity (Wildman–Crippen MR) is 75.5 cm³/mol. The SMILES string of the molecule is Cc1cc(F)cc(C)c1S(=O)(=O)NC(C)C(C)CCl. The Hall–Kier alpha value is -0.650. The number of aryl methyl sites for hydroxylation is 2. The number of hydrogen-bond donors (Lipinski definition) is 1. The van der Waals surface area contributed by atoms with Gasteiger partial charge in [-0.15, -0.1) is 11.6 Å². The molecule has 3 nitrogen and oxygen atoms in total. The first kappa shape index (κ1) is 16.4. The summed E-state index contributed by atoms with van der Waals surface area (Å²) in [5.41, 5.74) is 0.798. The normalized spacial score (nSPS) is 15.3. The van der Waals surface area contributed by atoms with Crippen molar-refractivity contribution < 1.29 is 12.8 Å². The van der Waals surface area contributed by atoms with E-state index in [2.05, 4.69) is 4.72 Å². The quantitative estimate of drug-likeness (QED) is 0.850. The minimum atomic E-state index is -3.67. The molecule has 0 aromatic heterocycles. The van der Waals surface area contributed by atoms with Gasteiger partial charge in [0.15, 0.2) is 0 Å². The molecular formula is C13H19ClFNO2S. The van der Waals surface area contributed by atoms with Crippen LogP contribution in [0.25, 0.3) is 0 Å². The van der Waals surface area contributed by atoms with Gasteiger partial charge in [0.05, 0.1) is 4.90 Å². The van der Waals surface area contributed by atoms with Crippen LogP contribution >= 0.6 is 11.6 Å². The third kappa shape index (κ3) is 3.91. The zero-order chi connectivity index (χ0) is 14.8. The summed E-state index contributed by atoms with van der Waals surface area (Å²) in [7, 11) is -3.67. The fourth-order valence-corrected chi connectivity index (χ4v) is 3.95. The van der Waals surface area contributed by atoms with E-state index in [0.29, 0.717) is 17.0 Å². The Morgan fingerprint density at radius 3 is 2.16 bits per heavy atom. The number of halogens is 2. The molecule has 108 valence electrons. The van der Waals surface area contributed by atoms with Gasteiger partial charge >= 0.3 is 0 Å². The molecule has 0 saturated carbocycles. The molecule has 19 heavy (non-hydrogen) atoms. The predicted octanol–water partition coefficient (Wildman–Crippen LogP) is 2.98. The van der Waals surface area contributed by atoms with Gasteiger partial charge in [-0.25, -0.2) is 17.5 Å². The lowest BCUT2D eigenvalue weighted by Gasteiger charge is -2.20. The van der Waals surface area contributed by atoms with E-state index in [1.807, 2.05) is 6.92 Å². The maximum absolute atomic E-state index is 13.2. The maximum atomic E-state index is 13.2. The van der Waals surface area contributed by atoms with Gasteiger partial charge in [0.25, 0.3) is 0 Å². The van der Waals surface area contributed by atoms with E-state index in [-0.39, 0.29) is 16.9 Å². The van der Waals surface area contributed by atoms with Gasteiger partial charge < -0.3 is 0 Å². The van der Waals surface area contributed by atoms with E-state index >= 15 is 0 Å². The summed E-state index contributed by atoms with van der Waals surface area (Å²) in [5, 5.41) is 0. The second-order valence-corrected chi connectivity index (χ2v) is 6.87. The largest absolute Gasteiger partial charge is 0.241 e. The van der Waals surface area contributed by atoms with Gasteiger partial charge in [-0.05, 0) is 49.9 Å². The number of nitrogens with one attached hydrogen (secondary N) is 1. The molecule has 2 atom stereocenters. The van der Waals surface area contributed by atoms with Crippen molar-refractivity contribution >= 4 is 21.6 Å². The minimum Gasteiger partial charge on any atom is -0.208 e. The Morgan fingerprint density at radius 1 is 1.26 bits per heavy atom. The van der Waals surface area contributed by atoms with Gasteiger partial charge in [-0.2, -0.15) is 0 Å². The van der Waals surface area contributed by atoms with E-state index in [9.17, 15) is 12.8 Å². The molecule has 0 aliphatic heterocycles. The Bertz CT molecular complexity index is 537. The summed E-state index contributed by atoms with van der Waals surface area (Å²) >= 11 is 5.72. The lowest BCUT2D eigenvalue weighted by Crippen LogP contribution is -2.38. The molecular weight excluding hydrogens is 289 g/mol. The molecule has 0 spiro atoms. The van der Waals surface area contributed by atoms with Crippen LogP contribution in [-0.4, -0.2) is 20.3 Å². The number of benzene rings is 1. The Labute approximate surface area is 119 Å². The van der Waals surface area contributed by atoms with Gasteiger partial charge in [0, 0.05) is 11.9 Å². The van der Waals surface area contributed by atoms with Gasteiger partial charge in [-0.1, -0.05) is 6.92 Å². The van der Waals surface area contributed by atoms with Crippen LogP contribution in [0, 0.1) is 25.6 Å². The topological polar surface area (TPSA) is 46.2 Å². The van der Waals surface area contributed by atoms with Crippen LogP contribution in [0.2, 0.25) is 0 Å². The molecule has 2 unspecified atom stereocenters. The highest BCUT2D eigenvalue weighted by atomic mass is 35.5. The highest BCUT2D eigenvalue weighted by molar-refractivity contribution is 7.89. The van der Waals surface area contributed by atoms with Crippen LogP contribution in [0.3, 0.4) is 0 Å². The summed E-state index contributed by atoms with van der Waals surface area (Å²) in [6, 6.07) is 2.15. The fourth-order valence-electron chi connectivity index (χ4n) is 1.87. The van der Waals surface area contributed by atoms with Gasteiger partial charge in [0.1, 0.15) is 5.82 Å². The Morgan fingerprint density at radius 2 is 1.74 bits per heavy atom. The minimum absolute atomic E-state index is 0.0116. The number of rotatable bonds is 5. The molecule has 0 heterocycles. The molecule has 0 amide bonds. The number of hydrogen-bond acceptors (Lipinski definition) is 2. The van der Waals surface area contributed by atoms with Crippen molar-refractivity contribution in [2.45, 2.75) is 38.6 Å². The Balaban J connectivity index is 3.15. The van der Waals surface area contributed by atoms with E-state index in [0.717, 1.165) is 0 Å². The zero-order valence-electron chi connectivity index (χ0n) is 11.5. The van der Waals surface area contributed by atoms with Crippen molar-refractivity contribution in [3.8, 4) is 0 Å². The monoisotopic (exact) mass is 307 g/mol. The lowest BCUT2D eigenvalue weighted by molar-refractivity contribution is 0.480. The van der Waals surface area contributed by atoms with Crippen molar-refractivity contribution in [1.29, 1.82) is 0 Å². The van der Waals surface area contributed by atoms with Crippen LogP contribution in [0.4, 0.5) is 4.39 Å². The van der Waals surface area contributed by atoms with E-state index < -0.39 is 15.8 Å². The summed E-state index contributed by atoms with van der Waals surface area (Å²) in [4.78, 5) is 0.141. The molecule has 6 heteroatoms. The van der Waals surface area contributed by atoms with Crippen molar-refractivity contribution in [2.75, 3.05) is 5.88 Å². The molecule has 0 bridgehead atoms. The van der Waals surface area contributed by atoms with E-state index in [4.69, 9.17) is 11.6 Å². The molecule has 0 radical (unpaired) electrons. The molecule has 1 aromatic rings. The van der Waals surface area contributed by atoms with Crippen molar-refractivity contribution in [1.82, 2.24) is 4.72 Å². The van der Waals surface area contributed by atoms with Crippen molar-refractivity contribution in [3.63, 3.8) is 0 Å². The molecule has 0 aliphatic carbocycles. The summed E-state index contributed by atoms with van der Waals surface area (Å²) in [5.74, 6) is -0.0564. The van der Waals surface area contributed by atoms with Crippen LogP contribution in [0.1, 0.15) is 25.0 Å². The van der Waals surface area contributed by atoms with Crippen LogP contribution in [0.5, 0.6) is 0 Å². The number of alkyl halides is 1. The number of sulfonamides is 1. The Kier molecular flexibility index (Phi) is 5.35. The van der Waals surface area contributed by atoms with Crippen LogP contribution in [0.15, 0.2) is 17.0 Å². The molecule has 1 aromatic carbocycles. The summed E-state index contributed by atoms with van der Waals surface area (Å²) in [6.07, 6.45) is 0. The first-order chi connectivity index (χ1) is 8.69. The highest BCUT2D eigenvalue weighted by Gasteiger charge is 2.24. The molecule has 0 fully saturated rings. The van der Waals surface area contributed by atoms with Crippen LogP contribution in [-0.2, 0) is 10.0 Å². The highest BCUT2D eigenvalue weighted by Crippen LogP contribution is 2.22. The summed E-state index contributed by atoms with van der Waals surface area (Å²) < 4.78 is 40.5. The summed E-state index contributed by atoms with van der Waals surface area (Å²) in [6.45, 7) is 6.80. The molecule has 1 rings (SSSR count). The average Bonchev–Trinajstić information content (AvgIpc) is 2.24.